The van der Waals surface area contributed by atoms with Crippen molar-refractivity contribution in [2.45, 2.75) is 13.3 Å². The summed E-state index contributed by atoms with van der Waals surface area (Å²) in [5, 5.41) is 6.82. The third kappa shape index (κ3) is 4.20. The second-order valence-electron chi connectivity index (χ2n) is 6.61. The highest BCUT2D eigenvalue weighted by Crippen LogP contribution is 2.28. The second kappa shape index (κ2) is 7.98. The Morgan fingerprint density at radius 1 is 1.32 bits per heavy atom. The maximum Gasteiger partial charge on any atom is 0.254 e. The van der Waals surface area contributed by atoms with Gasteiger partial charge in [-0.15, -0.1) is 0 Å². The van der Waals surface area contributed by atoms with Crippen LogP contribution in [-0.2, 0) is 0 Å². The number of rotatable bonds is 4. The van der Waals surface area contributed by atoms with Gasteiger partial charge >= 0.3 is 0 Å². The van der Waals surface area contributed by atoms with E-state index in [2.05, 4.69) is 17.6 Å². The van der Waals surface area contributed by atoms with Crippen LogP contribution in [0, 0.1) is 17.7 Å². The third-order valence-electron chi connectivity index (χ3n) is 4.86. The van der Waals surface area contributed by atoms with Gasteiger partial charge < -0.3 is 10.6 Å². The van der Waals surface area contributed by atoms with Gasteiger partial charge in [-0.05, 0) is 60.7 Å². The molecule has 3 rings (SSSR count). The lowest BCUT2D eigenvalue weighted by molar-refractivity contribution is 0.0935. The zero-order valence-corrected chi connectivity index (χ0v) is 14.9. The zero-order chi connectivity index (χ0) is 17.8. The molecule has 1 amide bonds. The molecule has 0 spiro atoms. The average molecular weight is 361 g/mol. The normalized spacial score (nSPS) is 20.3. The van der Waals surface area contributed by atoms with E-state index in [1.807, 2.05) is 6.07 Å². The monoisotopic (exact) mass is 360 g/mol. The minimum Gasteiger partial charge on any atom is -0.352 e. The van der Waals surface area contributed by atoms with Crippen molar-refractivity contribution in [2.24, 2.45) is 11.8 Å². The van der Waals surface area contributed by atoms with Gasteiger partial charge in [0.1, 0.15) is 5.82 Å². The Bertz CT molecular complexity index is 765. The number of halogens is 2. The molecule has 1 heterocycles. The molecule has 2 N–H and O–H groups in total. The number of hydrogen-bond donors (Lipinski definition) is 2. The molecule has 0 unspecified atom stereocenters. The first-order chi connectivity index (χ1) is 12.1. The summed E-state index contributed by atoms with van der Waals surface area (Å²) in [5.74, 6) is 0.000747. The maximum absolute atomic E-state index is 14.4. The number of carbonyl (C=O) groups is 1. The fraction of sp³-hybridized carbons (Fsp3) is 0.350. The van der Waals surface area contributed by atoms with E-state index < -0.39 is 5.82 Å². The van der Waals surface area contributed by atoms with Gasteiger partial charge in [-0.2, -0.15) is 0 Å². The van der Waals surface area contributed by atoms with Crippen LogP contribution in [0.25, 0.3) is 11.1 Å². The summed E-state index contributed by atoms with van der Waals surface area (Å²) >= 11 is 6.04. The Morgan fingerprint density at radius 2 is 2.12 bits per heavy atom. The molecule has 5 heteroatoms. The zero-order valence-electron chi connectivity index (χ0n) is 14.2. The van der Waals surface area contributed by atoms with E-state index in [0.717, 1.165) is 25.1 Å². The number of amides is 1. The smallest absolute Gasteiger partial charge is 0.254 e. The van der Waals surface area contributed by atoms with Crippen molar-refractivity contribution in [1.29, 1.82) is 0 Å². The summed E-state index contributed by atoms with van der Waals surface area (Å²) in [5.41, 5.74) is 1.36. The average Bonchev–Trinajstić information content (AvgIpc) is 2.60. The largest absolute Gasteiger partial charge is 0.352 e. The molecule has 1 aliphatic heterocycles. The Kier molecular flexibility index (Phi) is 5.71. The molecule has 0 bridgehead atoms. The molecule has 2 aromatic rings. The van der Waals surface area contributed by atoms with Crippen molar-refractivity contribution < 1.29 is 9.18 Å². The van der Waals surface area contributed by atoms with E-state index in [1.165, 1.54) is 6.07 Å². The van der Waals surface area contributed by atoms with Gasteiger partial charge in [0.15, 0.2) is 0 Å². The highest BCUT2D eigenvalue weighted by atomic mass is 35.5. The SMILES string of the molecule is C[C@H]1CNCC[C@@H]1CNC(=O)c1c(F)cccc1-c1cccc(Cl)c1. The fourth-order valence-corrected chi connectivity index (χ4v) is 3.53. The lowest BCUT2D eigenvalue weighted by Crippen LogP contribution is -2.41. The molecule has 0 saturated carbocycles. The number of benzene rings is 2. The lowest BCUT2D eigenvalue weighted by Gasteiger charge is -2.29. The number of carbonyl (C=O) groups excluding carboxylic acids is 1. The minimum atomic E-state index is -0.520. The first-order valence-electron chi connectivity index (χ1n) is 8.59. The van der Waals surface area contributed by atoms with E-state index in [1.54, 1.807) is 30.3 Å². The van der Waals surface area contributed by atoms with E-state index in [0.29, 0.717) is 29.0 Å². The summed E-state index contributed by atoms with van der Waals surface area (Å²) in [7, 11) is 0. The van der Waals surface area contributed by atoms with Gasteiger partial charge in [0.05, 0.1) is 5.56 Å². The van der Waals surface area contributed by atoms with Crippen LogP contribution in [0.3, 0.4) is 0 Å². The van der Waals surface area contributed by atoms with Crippen LogP contribution < -0.4 is 10.6 Å². The Hall–Kier alpha value is -1.91. The van der Waals surface area contributed by atoms with E-state index in [-0.39, 0.29) is 11.5 Å². The van der Waals surface area contributed by atoms with Crippen LogP contribution in [0.4, 0.5) is 4.39 Å². The molecular weight excluding hydrogens is 339 g/mol. The molecule has 0 aromatic heterocycles. The van der Waals surface area contributed by atoms with Gasteiger partial charge in [0.25, 0.3) is 5.91 Å². The van der Waals surface area contributed by atoms with Crippen molar-refractivity contribution in [3.63, 3.8) is 0 Å². The second-order valence-corrected chi connectivity index (χ2v) is 7.05. The van der Waals surface area contributed by atoms with Crippen LogP contribution >= 0.6 is 11.6 Å². The van der Waals surface area contributed by atoms with Crippen LogP contribution in [0.15, 0.2) is 42.5 Å². The van der Waals surface area contributed by atoms with Crippen molar-refractivity contribution in [3.8, 4) is 11.1 Å². The molecule has 2 aromatic carbocycles. The van der Waals surface area contributed by atoms with Gasteiger partial charge in [0, 0.05) is 11.6 Å². The number of nitrogens with one attached hydrogen (secondary N) is 2. The summed E-state index contributed by atoms with van der Waals surface area (Å²) in [6.45, 7) is 4.64. The van der Waals surface area contributed by atoms with Crippen molar-refractivity contribution in [2.75, 3.05) is 19.6 Å². The Labute approximate surface area is 152 Å². The van der Waals surface area contributed by atoms with Crippen LogP contribution in [-0.4, -0.2) is 25.5 Å². The minimum absolute atomic E-state index is 0.0753. The molecule has 3 nitrogen and oxygen atoms in total. The summed E-state index contributed by atoms with van der Waals surface area (Å²) < 4.78 is 14.4. The van der Waals surface area contributed by atoms with Crippen molar-refractivity contribution in [3.05, 3.63) is 58.9 Å². The molecule has 25 heavy (non-hydrogen) atoms. The first kappa shape index (κ1) is 17.9. The summed E-state index contributed by atoms with van der Waals surface area (Å²) in [6.07, 6.45) is 1.01. The van der Waals surface area contributed by atoms with Crippen LogP contribution in [0.5, 0.6) is 0 Å². The molecule has 0 radical (unpaired) electrons. The van der Waals surface area contributed by atoms with E-state index in [9.17, 15) is 9.18 Å². The maximum atomic E-state index is 14.4. The van der Waals surface area contributed by atoms with E-state index >= 15 is 0 Å². The lowest BCUT2D eigenvalue weighted by atomic mass is 9.88. The van der Waals surface area contributed by atoms with Gasteiger partial charge in [-0.3, -0.25) is 4.79 Å². The molecule has 132 valence electrons. The van der Waals surface area contributed by atoms with Crippen molar-refractivity contribution in [1.82, 2.24) is 10.6 Å². The number of hydrogen-bond acceptors (Lipinski definition) is 2. The number of piperidine rings is 1. The van der Waals surface area contributed by atoms with Crippen LogP contribution in [0.1, 0.15) is 23.7 Å². The molecule has 1 aliphatic rings. The summed E-state index contributed by atoms with van der Waals surface area (Å²) in [6, 6.07) is 11.8. The highest BCUT2D eigenvalue weighted by molar-refractivity contribution is 6.30. The quantitative estimate of drug-likeness (QED) is 0.861. The standard InChI is InChI=1S/C20H22ClFN2O/c1-13-11-23-9-8-15(13)12-24-20(25)19-17(6-3-7-18(19)22)14-4-2-5-16(21)10-14/h2-7,10,13,15,23H,8-9,11-12H2,1H3,(H,24,25)/t13-,15+/m0/s1. The molecule has 2 atom stereocenters. The highest BCUT2D eigenvalue weighted by Gasteiger charge is 2.23. The molecule has 1 fully saturated rings. The predicted molar refractivity (Wildman–Crippen MR) is 99.3 cm³/mol. The van der Waals surface area contributed by atoms with Crippen molar-refractivity contribution >= 4 is 17.5 Å². The first-order valence-corrected chi connectivity index (χ1v) is 8.97. The molecule has 1 saturated heterocycles. The fourth-order valence-electron chi connectivity index (χ4n) is 3.34. The van der Waals surface area contributed by atoms with Gasteiger partial charge in [-0.25, -0.2) is 4.39 Å². The molecule has 0 aliphatic carbocycles. The van der Waals surface area contributed by atoms with Crippen LogP contribution in [0.2, 0.25) is 5.02 Å². The summed E-state index contributed by atoms with van der Waals surface area (Å²) in [4.78, 5) is 12.7. The molecular formula is C20H22ClFN2O. The van der Waals surface area contributed by atoms with Gasteiger partial charge in [0.2, 0.25) is 0 Å². The van der Waals surface area contributed by atoms with Gasteiger partial charge in [-0.1, -0.05) is 42.8 Å². The Morgan fingerprint density at radius 3 is 2.88 bits per heavy atom. The van der Waals surface area contributed by atoms with E-state index in [4.69, 9.17) is 11.6 Å². The Balaban J connectivity index is 1.82. The predicted octanol–water partition coefficient (Wildman–Crippen LogP) is 4.12. The third-order valence-corrected chi connectivity index (χ3v) is 5.10. The topological polar surface area (TPSA) is 41.1 Å².